The summed E-state index contributed by atoms with van der Waals surface area (Å²) in [4.78, 5) is 4.41. The van der Waals surface area contributed by atoms with Crippen molar-refractivity contribution in [2.45, 2.75) is 19.1 Å². The molecule has 4 aromatic rings. The van der Waals surface area contributed by atoms with Gasteiger partial charge in [0.25, 0.3) is 0 Å². The Morgan fingerprint density at radius 2 is 1.86 bits per heavy atom. The molecule has 2 atom stereocenters. The van der Waals surface area contributed by atoms with Gasteiger partial charge in [0.05, 0.1) is 19.9 Å². The van der Waals surface area contributed by atoms with Crippen LogP contribution in [0.25, 0.3) is 5.70 Å². The number of halogens is 1. The quantitative estimate of drug-likeness (QED) is 0.436. The highest BCUT2D eigenvalue weighted by Crippen LogP contribution is 2.52. The smallest absolute Gasteiger partial charge is 0.226 e. The van der Waals surface area contributed by atoms with Crippen LogP contribution in [0.15, 0.2) is 72.6 Å². The van der Waals surface area contributed by atoms with Crippen molar-refractivity contribution in [3.05, 3.63) is 101 Å². The van der Waals surface area contributed by atoms with Crippen molar-refractivity contribution in [2.24, 2.45) is 0 Å². The molecule has 176 valence electrons. The molecule has 0 fully saturated rings. The van der Waals surface area contributed by atoms with Gasteiger partial charge in [0.1, 0.15) is 35.4 Å². The number of nitrogens with zero attached hydrogens (tertiary/aromatic N) is 3. The topological polar surface area (TPSA) is 70.4 Å². The van der Waals surface area contributed by atoms with E-state index in [2.05, 4.69) is 21.5 Å². The minimum absolute atomic E-state index is 0.334. The molecule has 2 aliphatic rings. The van der Waals surface area contributed by atoms with E-state index in [1.54, 1.807) is 31.0 Å². The minimum atomic E-state index is -0.611. The summed E-state index contributed by atoms with van der Waals surface area (Å²) in [6, 6.07) is 17.7. The fraction of sp³-hybridized carbons (Fsp3) is 0.185. The van der Waals surface area contributed by atoms with E-state index in [9.17, 15) is 0 Å². The van der Waals surface area contributed by atoms with Gasteiger partial charge in [0, 0.05) is 22.3 Å². The molecule has 0 bridgehead atoms. The van der Waals surface area contributed by atoms with E-state index in [1.165, 1.54) is 12.4 Å². The molecule has 0 amide bonds. The standard InChI is InChI=1S/C27H23FN4O3/c1-15-8-10-22-18(12-15)24-23(26(35-22)19-13-16(33-2)9-11-21(19)34-3)25(17-6-4-5-7-20(17)28)32-27(31-24)29-14-30-32/h4-14,25-26H,1-3H3,(H,29,30,31)/t25-,26+/m1/s1. The second-order valence-electron chi connectivity index (χ2n) is 8.51. The van der Waals surface area contributed by atoms with E-state index in [1.807, 2.05) is 43.3 Å². The summed E-state index contributed by atoms with van der Waals surface area (Å²) in [5.41, 5.74) is 4.81. The number of benzene rings is 3. The molecule has 0 aliphatic carbocycles. The lowest BCUT2D eigenvalue weighted by Crippen LogP contribution is -2.33. The van der Waals surface area contributed by atoms with Crippen molar-refractivity contribution in [3.63, 3.8) is 0 Å². The Hall–Kier alpha value is -4.33. The molecular weight excluding hydrogens is 447 g/mol. The zero-order valence-electron chi connectivity index (χ0n) is 19.4. The van der Waals surface area contributed by atoms with Crippen LogP contribution < -0.4 is 19.5 Å². The lowest BCUT2D eigenvalue weighted by molar-refractivity contribution is 0.216. The number of aromatic nitrogens is 3. The van der Waals surface area contributed by atoms with E-state index in [4.69, 9.17) is 14.2 Å². The predicted molar refractivity (Wildman–Crippen MR) is 129 cm³/mol. The first kappa shape index (κ1) is 21.2. The van der Waals surface area contributed by atoms with Gasteiger partial charge >= 0.3 is 0 Å². The van der Waals surface area contributed by atoms with Crippen molar-refractivity contribution in [2.75, 3.05) is 19.5 Å². The normalized spacial score (nSPS) is 18.1. The van der Waals surface area contributed by atoms with Gasteiger partial charge in [-0.2, -0.15) is 10.1 Å². The van der Waals surface area contributed by atoms with Gasteiger partial charge in [0.15, 0.2) is 6.10 Å². The molecule has 0 saturated heterocycles. The highest BCUT2D eigenvalue weighted by atomic mass is 19.1. The van der Waals surface area contributed by atoms with Crippen molar-refractivity contribution in [1.29, 1.82) is 0 Å². The van der Waals surface area contributed by atoms with Gasteiger partial charge in [0.2, 0.25) is 5.95 Å². The van der Waals surface area contributed by atoms with Crippen LogP contribution in [0.3, 0.4) is 0 Å². The van der Waals surface area contributed by atoms with Crippen LogP contribution in [0.4, 0.5) is 10.3 Å². The molecule has 0 unspecified atom stereocenters. The summed E-state index contributed by atoms with van der Waals surface area (Å²) in [5.74, 6) is 2.20. The molecule has 3 heterocycles. The summed E-state index contributed by atoms with van der Waals surface area (Å²) < 4.78 is 34.9. The SMILES string of the molecule is COc1ccc(OC)c([C@@H]2Oc3ccc(C)cc3C3=C2[C@@H](c2ccccc2F)n2ncnc2N3)c1. The molecule has 35 heavy (non-hydrogen) atoms. The van der Waals surface area contributed by atoms with Gasteiger partial charge in [-0.3, -0.25) is 0 Å². The number of rotatable bonds is 4. The Morgan fingerprint density at radius 1 is 1.00 bits per heavy atom. The third kappa shape index (κ3) is 3.32. The van der Waals surface area contributed by atoms with Gasteiger partial charge in [-0.15, -0.1) is 0 Å². The maximum atomic E-state index is 15.3. The molecule has 1 aromatic heterocycles. The minimum Gasteiger partial charge on any atom is -0.497 e. The van der Waals surface area contributed by atoms with Crippen LogP contribution in [0.5, 0.6) is 17.2 Å². The monoisotopic (exact) mass is 470 g/mol. The van der Waals surface area contributed by atoms with E-state index in [0.717, 1.165) is 28.0 Å². The summed E-state index contributed by atoms with van der Waals surface area (Å²) in [7, 11) is 3.23. The number of hydrogen-bond acceptors (Lipinski definition) is 6. The number of anilines is 1. The molecule has 6 rings (SSSR count). The van der Waals surface area contributed by atoms with Crippen LogP contribution in [-0.4, -0.2) is 29.0 Å². The molecule has 0 spiro atoms. The lowest BCUT2D eigenvalue weighted by Gasteiger charge is -2.39. The third-order valence-electron chi connectivity index (χ3n) is 6.49. The second kappa shape index (κ2) is 8.16. The van der Waals surface area contributed by atoms with Crippen molar-refractivity contribution < 1.29 is 18.6 Å². The van der Waals surface area contributed by atoms with Crippen LogP contribution in [-0.2, 0) is 0 Å². The second-order valence-corrected chi connectivity index (χ2v) is 8.51. The van der Waals surface area contributed by atoms with Crippen LogP contribution in [0, 0.1) is 12.7 Å². The molecule has 2 aliphatic heterocycles. The zero-order valence-corrected chi connectivity index (χ0v) is 19.4. The number of methoxy groups -OCH3 is 2. The largest absolute Gasteiger partial charge is 0.497 e. The first-order valence-electron chi connectivity index (χ1n) is 11.2. The Morgan fingerprint density at radius 3 is 2.66 bits per heavy atom. The molecule has 0 saturated carbocycles. The summed E-state index contributed by atoms with van der Waals surface area (Å²) in [5, 5.41) is 7.90. The van der Waals surface area contributed by atoms with E-state index in [-0.39, 0.29) is 5.82 Å². The van der Waals surface area contributed by atoms with Gasteiger partial charge < -0.3 is 19.5 Å². The van der Waals surface area contributed by atoms with E-state index < -0.39 is 12.1 Å². The fourth-order valence-electron chi connectivity index (χ4n) is 4.88. The Bertz CT molecular complexity index is 1480. The number of hydrogen-bond donors (Lipinski definition) is 1. The van der Waals surface area contributed by atoms with Crippen LogP contribution in [0.2, 0.25) is 0 Å². The molecular formula is C27H23FN4O3. The maximum Gasteiger partial charge on any atom is 0.226 e. The number of aryl methyl sites for hydroxylation is 1. The number of nitrogens with one attached hydrogen (secondary N) is 1. The average Bonchev–Trinajstić information content (AvgIpc) is 3.35. The summed E-state index contributed by atoms with van der Waals surface area (Å²) >= 11 is 0. The van der Waals surface area contributed by atoms with E-state index in [0.29, 0.717) is 28.8 Å². The van der Waals surface area contributed by atoms with Crippen molar-refractivity contribution in [1.82, 2.24) is 14.8 Å². The average molecular weight is 471 g/mol. The van der Waals surface area contributed by atoms with Crippen molar-refractivity contribution >= 4 is 11.6 Å². The highest BCUT2D eigenvalue weighted by Gasteiger charge is 2.42. The molecule has 7 nitrogen and oxygen atoms in total. The predicted octanol–water partition coefficient (Wildman–Crippen LogP) is 5.30. The van der Waals surface area contributed by atoms with Crippen LogP contribution in [0.1, 0.15) is 34.4 Å². The van der Waals surface area contributed by atoms with Crippen molar-refractivity contribution in [3.8, 4) is 17.2 Å². The lowest BCUT2D eigenvalue weighted by atomic mass is 9.84. The van der Waals surface area contributed by atoms with Crippen LogP contribution >= 0.6 is 0 Å². The summed E-state index contributed by atoms with van der Waals surface area (Å²) in [6.45, 7) is 2.03. The van der Waals surface area contributed by atoms with Gasteiger partial charge in [-0.25, -0.2) is 9.07 Å². The van der Waals surface area contributed by atoms with Gasteiger partial charge in [-0.05, 0) is 43.3 Å². The highest BCUT2D eigenvalue weighted by molar-refractivity contribution is 5.85. The number of ether oxygens (including phenoxy) is 3. The maximum absolute atomic E-state index is 15.3. The molecule has 3 aromatic carbocycles. The summed E-state index contributed by atoms with van der Waals surface area (Å²) in [6.07, 6.45) is 0.855. The zero-order chi connectivity index (χ0) is 24.1. The Kier molecular flexibility index (Phi) is 4.95. The van der Waals surface area contributed by atoms with E-state index >= 15 is 4.39 Å². The fourth-order valence-corrected chi connectivity index (χ4v) is 4.88. The number of fused-ring (bicyclic) bond motifs is 3. The van der Waals surface area contributed by atoms with Gasteiger partial charge in [-0.1, -0.05) is 29.8 Å². The molecule has 0 radical (unpaired) electrons. The first-order valence-corrected chi connectivity index (χ1v) is 11.2. The molecule has 8 heteroatoms. The first-order chi connectivity index (χ1) is 17.1. The third-order valence-corrected chi connectivity index (χ3v) is 6.49. The molecule has 1 N–H and O–H groups in total. The Balaban J connectivity index is 1.67. The Labute approximate surface area is 201 Å².